The van der Waals surface area contributed by atoms with Gasteiger partial charge in [0.2, 0.25) is 0 Å². The van der Waals surface area contributed by atoms with Gasteiger partial charge in [-0.25, -0.2) is 0 Å². The zero-order chi connectivity index (χ0) is 13.4. The summed E-state index contributed by atoms with van der Waals surface area (Å²) in [5.41, 5.74) is 0. The standard InChI is InChI=1S/C16H35N/c1-8-17(14(4)5)12-11-15(6)9-10-16(7)13(2)3/h13-16H,8-12H2,1-7H3. The summed E-state index contributed by atoms with van der Waals surface area (Å²) in [7, 11) is 0. The van der Waals surface area contributed by atoms with E-state index in [9.17, 15) is 0 Å². The van der Waals surface area contributed by atoms with Crippen LogP contribution in [0.5, 0.6) is 0 Å². The summed E-state index contributed by atoms with van der Waals surface area (Å²) < 4.78 is 0. The van der Waals surface area contributed by atoms with Crippen LogP contribution in [0.15, 0.2) is 0 Å². The maximum atomic E-state index is 2.57. The molecule has 0 fully saturated rings. The van der Waals surface area contributed by atoms with Crippen LogP contribution in [0.2, 0.25) is 0 Å². The minimum absolute atomic E-state index is 0.696. The minimum atomic E-state index is 0.696. The summed E-state index contributed by atoms with van der Waals surface area (Å²) in [5, 5.41) is 0. The van der Waals surface area contributed by atoms with Gasteiger partial charge in [0.25, 0.3) is 0 Å². The van der Waals surface area contributed by atoms with Crippen LogP contribution in [-0.4, -0.2) is 24.0 Å². The van der Waals surface area contributed by atoms with Crippen LogP contribution in [-0.2, 0) is 0 Å². The molecule has 0 rings (SSSR count). The van der Waals surface area contributed by atoms with Crippen LogP contribution in [0.25, 0.3) is 0 Å². The fourth-order valence-corrected chi connectivity index (χ4v) is 2.19. The van der Waals surface area contributed by atoms with Crippen LogP contribution in [0.3, 0.4) is 0 Å². The van der Waals surface area contributed by atoms with Crippen molar-refractivity contribution in [1.82, 2.24) is 4.90 Å². The average molecular weight is 241 g/mol. The molecule has 0 radical (unpaired) electrons. The van der Waals surface area contributed by atoms with E-state index in [1.54, 1.807) is 0 Å². The highest BCUT2D eigenvalue weighted by Gasteiger charge is 2.12. The fraction of sp³-hybridized carbons (Fsp3) is 1.00. The molecule has 1 nitrogen and oxygen atoms in total. The summed E-state index contributed by atoms with van der Waals surface area (Å²) in [6, 6.07) is 0.696. The van der Waals surface area contributed by atoms with Crippen LogP contribution in [0.4, 0.5) is 0 Å². The fourth-order valence-electron chi connectivity index (χ4n) is 2.19. The van der Waals surface area contributed by atoms with Gasteiger partial charge in [-0.1, -0.05) is 47.5 Å². The molecule has 0 aliphatic rings. The van der Waals surface area contributed by atoms with Gasteiger partial charge < -0.3 is 4.90 Å². The number of hydrogen-bond donors (Lipinski definition) is 0. The highest BCUT2D eigenvalue weighted by Crippen LogP contribution is 2.21. The van der Waals surface area contributed by atoms with E-state index >= 15 is 0 Å². The second kappa shape index (κ2) is 8.97. The molecule has 0 saturated carbocycles. The Bertz CT molecular complexity index is 174. The van der Waals surface area contributed by atoms with Gasteiger partial charge in [0.05, 0.1) is 0 Å². The first-order valence-corrected chi connectivity index (χ1v) is 7.62. The average Bonchev–Trinajstić information content (AvgIpc) is 2.25. The summed E-state index contributed by atoms with van der Waals surface area (Å²) in [6.07, 6.45) is 4.15. The number of nitrogens with zero attached hydrogens (tertiary/aromatic N) is 1. The number of rotatable bonds is 9. The van der Waals surface area contributed by atoms with Gasteiger partial charge in [-0.2, -0.15) is 0 Å². The lowest BCUT2D eigenvalue weighted by Gasteiger charge is -2.26. The van der Waals surface area contributed by atoms with Crippen molar-refractivity contribution in [1.29, 1.82) is 0 Å². The molecule has 0 amide bonds. The van der Waals surface area contributed by atoms with Crippen molar-refractivity contribution in [2.45, 2.75) is 73.8 Å². The molecular formula is C16H35N. The summed E-state index contributed by atoms with van der Waals surface area (Å²) in [6.45, 7) is 18.8. The molecular weight excluding hydrogens is 206 g/mol. The Hall–Kier alpha value is -0.0400. The molecule has 2 atom stereocenters. The van der Waals surface area contributed by atoms with Crippen LogP contribution in [0, 0.1) is 17.8 Å². The summed E-state index contributed by atoms with van der Waals surface area (Å²) in [4.78, 5) is 2.57. The zero-order valence-electron chi connectivity index (χ0n) is 13.3. The lowest BCUT2D eigenvalue weighted by molar-refractivity contribution is 0.213. The first kappa shape index (κ1) is 17.0. The smallest absolute Gasteiger partial charge is 0.00384 e. The quantitative estimate of drug-likeness (QED) is 0.559. The zero-order valence-corrected chi connectivity index (χ0v) is 13.3. The third-order valence-corrected chi connectivity index (χ3v) is 4.30. The highest BCUT2D eigenvalue weighted by atomic mass is 15.1. The molecule has 0 aromatic rings. The minimum Gasteiger partial charge on any atom is -0.301 e. The highest BCUT2D eigenvalue weighted by molar-refractivity contribution is 4.65. The Kier molecular flexibility index (Phi) is 8.94. The third-order valence-electron chi connectivity index (χ3n) is 4.30. The molecule has 0 aliphatic heterocycles. The second-order valence-corrected chi connectivity index (χ2v) is 6.41. The van der Waals surface area contributed by atoms with E-state index < -0.39 is 0 Å². The summed E-state index contributed by atoms with van der Waals surface area (Å²) in [5.74, 6) is 2.60. The molecule has 0 bridgehead atoms. The largest absolute Gasteiger partial charge is 0.301 e. The van der Waals surface area contributed by atoms with Crippen LogP contribution in [0.1, 0.15) is 67.7 Å². The SMILES string of the molecule is CCN(CCC(C)CCC(C)C(C)C)C(C)C. The Morgan fingerprint density at radius 2 is 1.41 bits per heavy atom. The van der Waals surface area contributed by atoms with E-state index in [2.05, 4.69) is 53.4 Å². The second-order valence-electron chi connectivity index (χ2n) is 6.41. The molecule has 104 valence electrons. The molecule has 0 spiro atoms. The van der Waals surface area contributed by atoms with Crippen molar-refractivity contribution < 1.29 is 0 Å². The van der Waals surface area contributed by atoms with E-state index in [4.69, 9.17) is 0 Å². The van der Waals surface area contributed by atoms with Crippen LogP contribution >= 0.6 is 0 Å². The van der Waals surface area contributed by atoms with Gasteiger partial charge in [-0.15, -0.1) is 0 Å². The molecule has 2 unspecified atom stereocenters. The van der Waals surface area contributed by atoms with Crippen molar-refractivity contribution in [3.63, 3.8) is 0 Å². The lowest BCUT2D eigenvalue weighted by Crippen LogP contribution is -2.32. The first-order chi connectivity index (χ1) is 7.88. The molecule has 0 aromatic carbocycles. The number of hydrogen-bond acceptors (Lipinski definition) is 1. The Balaban J connectivity index is 3.75. The van der Waals surface area contributed by atoms with Crippen molar-refractivity contribution in [2.24, 2.45) is 17.8 Å². The van der Waals surface area contributed by atoms with Crippen molar-refractivity contribution >= 4 is 0 Å². The topological polar surface area (TPSA) is 3.24 Å². The first-order valence-electron chi connectivity index (χ1n) is 7.62. The molecule has 0 aliphatic carbocycles. The van der Waals surface area contributed by atoms with Crippen LogP contribution < -0.4 is 0 Å². The summed E-state index contributed by atoms with van der Waals surface area (Å²) >= 11 is 0. The van der Waals surface area contributed by atoms with Gasteiger partial charge >= 0.3 is 0 Å². The maximum Gasteiger partial charge on any atom is 0.00384 e. The van der Waals surface area contributed by atoms with Gasteiger partial charge in [0.1, 0.15) is 0 Å². The molecule has 0 aromatic heterocycles. The predicted molar refractivity (Wildman–Crippen MR) is 79.4 cm³/mol. The van der Waals surface area contributed by atoms with E-state index in [0.29, 0.717) is 6.04 Å². The lowest BCUT2D eigenvalue weighted by atomic mass is 9.89. The predicted octanol–water partition coefficient (Wildman–Crippen LogP) is 4.82. The van der Waals surface area contributed by atoms with E-state index in [1.165, 1.54) is 32.4 Å². The maximum absolute atomic E-state index is 2.57. The van der Waals surface area contributed by atoms with Crippen molar-refractivity contribution in [3.05, 3.63) is 0 Å². The van der Waals surface area contributed by atoms with E-state index in [0.717, 1.165) is 17.8 Å². The van der Waals surface area contributed by atoms with E-state index in [1.807, 2.05) is 0 Å². The van der Waals surface area contributed by atoms with Gasteiger partial charge in [-0.3, -0.25) is 0 Å². The molecule has 0 heterocycles. The Labute approximate surface area is 110 Å². The van der Waals surface area contributed by atoms with E-state index in [-0.39, 0.29) is 0 Å². The van der Waals surface area contributed by atoms with Gasteiger partial charge in [0.15, 0.2) is 0 Å². The molecule has 0 N–H and O–H groups in total. The molecule has 0 saturated heterocycles. The molecule has 1 heteroatoms. The molecule has 17 heavy (non-hydrogen) atoms. The Morgan fingerprint density at radius 3 is 1.82 bits per heavy atom. The third kappa shape index (κ3) is 7.81. The normalized spacial score (nSPS) is 15.9. The van der Waals surface area contributed by atoms with Gasteiger partial charge in [0, 0.05) is 6.04 Å². The Morgan fingerprint density at radius 1 is 0.824 bits per heavy atom. The van der Waals surface area contributed by atoms with Crippen molar-refractivity contribution in [3.8, 4) is 0 Å². The monoisotopic (exact) mass is 241 g/mol. The van der Waals surface area contributed by atoms with Crippen molar-refractivity contribution in [2.75, 3.05) is 13.1 Å². The van der Waals surface area contributed by atoms with Gasteiger partial charge in [-0.05, 0) is 51.1 Å².